The van der Waals surface area contributed by atoms with Crippen LogP contribution in [0.1, 0.15) is 79.6 Å². The lowest BCUT2D eigenvalue weighted by Crippen LogP contribution is -2.65. The molecule has 1 unspecified atom stereocenters. The molecule has 0 spiro atoms. The van der Waals surface area contributed by atoms with E-state index in [9.17, 15) is 37.1 Å². The Labute approximate surface area is 334 Å². The van der Waals surface area contributed by atoms with E-state index in [1.165, 1.54) is 27.2 Å². The van der Waals surface area contributed by atoms with E-state index in [1.54, 1.807) is 50.3 Å². The van der Waals surface area contributed by atoms with E-state index in [0.29, 0.717) is 29.4 Å². The van der Waals surface area contributed by atoms with Gasteiger partial charge in [0.25, 0.3) is 11.8 Å². The molecule has 2 aliphatic carbocycles. The standard InChI is InChI=1S/C39H50F3N5O10S/c1-7-22(2)46(35(51)52)30-24(4)56-23(3)10-8-9-11-26-19-38(26,34(50)45-58(53,54)37(21-40)15-16-37)44-31(48)29-20-36(5,39(41,42)47(29)33(30)49)57-32-28-13-12-27(55-6)18-25(28)14-17-43-32/h9,11-14,17-18,22-24,26,29-30H,7-8,10,15-16,19-21H2,1-6H3,(H,44,48)(H,45,50)(H,51,52)/b11-9-/t22?,23-,24+,26-,29+,30+,36-,38-/m1/s1. The molecule has 3 heterocycles. The van der Waals surface area contributed by atoms with E-state index < -0.39 is 105 Å². The third kappa shape index (κ3) is 7.43. The lowest BCUT2D eigenvalue weighted by Gasteiger charge is -2.42. The number of benzene rings is 1. The second kappa shape index (κ2) is 15.5. The highest BCUT2D eigenvalue weighted by atomic mass is 32.2. The van der Waals surface area contributed by atoms with Crippen LogP contribution in [0.3, 0.4) is 0 Å². The van der Waals surface area contributed by atoms with Gasteiger partial charge in [0.1, 0.15) is 34.8 Å². The molecule has 4 amide bonds. The molecule has 318 valence electrons. The number of carboxylic acid groups (broad SMARTS) is 1. The van der Waals surface area contributed by atoms with E-state index in [-0.39, 0.29) is 36.5 Å². The van der Waals surface area contributed by atoms with Crippen LogP contribution in [-0.4, -0.2) is 118 Å². The van der Waals surface area contributed by atoms with Gasteiger partial charge in [-0.15, -0.1) is 0 Å². The molecule has 1 aromatic carbocycles. The molecule has 2 saturated carbocycles. The molecule has 15 nitrogen and oxygen atoms in total. The van der Waals surface area contributed by atoms with E-state index >= 15 is 8.78 Å². The summed E-state index contributed by atoms with van der Waals surface area (Å²) in [5.41, 5.74) is -4.68. The third-order valence-corrected chi connectivity index (χ3v) is 14.2. The van der Waals surface area contributed by atoms with E-state index in [4.69, 9.17) is 14.2 Å². The van der Waals surface area contributed by atoms with Crippen LogP contribution in [0.15, 0.2) is 42.6 Å². The number of methoxy groups -OCH3 is 1. The molecule has 8 atom stereocenters. The van der Waals surface area contributed by atoms with Gasteiger partial charge in [-0.05, 0) is 95.9 Å². The lowest BCUT2D eigenvalue weighted by atomic mass is 9.99. The van der Waals surface area contributed by atoms with Crippen LogP contribution in [0.2, 0.25) is 0 Å². The highest BCUT2D eigenvalue weighted by Gasteiger charge is 2.71. The molecule has 4 aliphatic rings. The summed E-state index contributed by atoms with van der Waals surface area (Å²) in [5.74, 6) is -4.51. The average molecular weight is 838 g/mol. The molecule has 6 rings (SSSR count). The topological polar surface area (TPSA) is 194 Å². The lowest BCUT2D eigenvalue weighted by molar-refractivity contribution is -0.220. The normalized spacial score (nSPS) is 31.7. The van der Waals surface area contributed by atoms with Gasteiger partial charge in [0.15, 0.2) is 5.60 Å². The minimum Gasteiger partial charge on any atom is -0.497 e. The fourth-order valence-electron chi connectivity index (χ4n) is 7.98. The first-order chi connectivity index (χ1) is 27.2. The number of carbonyl (C=O) groups is 4. The SMILES string of the molecule is CCC(C)N(C(=O)O)[C@@H]1C(=O)N2[C@@H](C[C@@](C)(Oc3nccc4cc(OC)ccc34)C2(F)F)C(=O)N[C@]2(C(=O)NS(=O)(=O)C3(CF)CC3)C[C@H]2/C=C\CC[C@@H](C)O[C@H]1C. The van der Waals surface area contributed by atoms with Crippen LogP contribution < -0.4 is 19.5 Å². The minimum atomic E-state index is -4.56. The summed E-state index contributed by atoms with van der Waals surface area (Å²) in [6, 6.07) is -2.89. The summed E-state index contributed by atoms with van der Waals surface area (Å²) < 4.78 is 92.9. The van der Waals surface area contributed by atoms with Crippen LogP contribution >= 0.6 is 0 Å². The number of aromatic nitrogens is 1. The van der Waals surface area contributed by atoms with Gasteiger partial charge in [-0.25, -0.2) is 22.6 Å². The number of carbonyl (C=O) groups excluding carboxylic acids is 3. The minimum absolute atomic E-state index is 0.00150. The van der Waals surface area contributed by atoms with Crippen molar-refractivity contribution in [2.24, 2.45) is 5.92 Å². The van der Waals surface area contributed by atoms with E-state index in [1.807, 2.05) is 4.72 Å². The number of ether oxygens (including phenoxy) is 3. The van der Waals surface area contributed by atoms with Crippen LogP contribution in [0, 0.1) is 5.92 Å². The first-order valence-corrected chi connectivity index (χ1v) is 20.8. The number of nitrogens with zero attached hydrogens (tertiary/aromatic N) is 3. The number of halogens is 3. The zero-order chi connectivity index (χ0) is 42.6. The number of alkyl halides is 3. The Morgan fingerprint density at radius 3 is 2.52 bits per heavy atom. The van der Waals surface area contributed by atoms with Crippen molar-refractivity contribution < 1.29 is 60.1 Å². The number of sulfonamides is 1. The summed E-state index contributed by atoms with van der Waals surface area (Å²) in [5, 5.41) is 13.8. The zero-order valence-electron chi connectivity index (χ0n) is 33.2. The molecule has 1 saturated heterocycles. The molecular weight excluding hydrogens is 788 g/mol. The van der Waals surface area contributed by atoms with Gasteiger partial charge in [0, 0.05) is 30.0 Å². The van der Waals surface area contributed by atoms with Gasteiger partial charge >= 0.3 is 12.1 Å². The van der Waals surface area contributed by atoms with E-state index in [2.05, 4.69) is 10.3 Å². The van der Waals surface area contributed by atoms with E-state index in [0.717, 1.165) is 11.8 Å². The first-order valence-electron chi connectivity index (χ1n) is 19.3. The van der Waals surface area contributed by atoms with Gasteiger partial charge in [0.05, 0.1) is 19.3 Å². The van der Waals surface area contributed by atoms with Crippen molar-refractivity contribution in [2.45, 2.75) is 132 Å². The summed E-state index contributed by atoms with van der Waals surface area (Å²) >= 11 is 0. The van der Waals surface area contributed by atoms with Crippen molar-refractivity contribution in [1.29, 1.82) is 0 Å². The summed E-state index contributed by atoms with van der Waals surface area (Å²) in [4.78, 5) is 61.3. The van der Waals surface area contributed by atoms with Crippen LogP contribution in [0.4, 0.5) is 18.0 Å². The average Bonchev–Trinajstić information content (AvgIpc) is 4.09. The number of hydrogen-bond acceptors (Lipinski definition) is 10. The monoisotopic (exact) mass is 837 g/mol. The van der Waals surface area contributed by atoms with Crippen molar-refractivity contribution in [3.8, 4) is 11.6 Å². The highest BCUT2D eigenvalue weighted by Crippen LogP contribution is 2.51. The molecule has 1 aromatic heterocycles. The van der Waals surface area contributed by atoms with Crippen molar-refractivity contribution in [3.63, 3.8) is 0 Å². The molecule has 2 aromatic rings. The van der Waals surface area contributed by atoms with Gasteiger partial charge in [-0.2, -0.15) is 8.78 Å². The Hall–Kier alpha value is -4.65. The maximum absolute atomic E-state index is 17.5. The van der Waals surface area contributed by atoms with Crippen LogP contribution in [0.5, 0.6) is 11.6 Å². The number of nitrogens with one attached hydrogen (secondary N) is 2. The second-order valence-corrected chi connectivity index (χ2v) is 18.2. The molecule has 0 bridgehead atoms. The maximum Gasteiger partial charge on any atom is 0.408 e. The number of pyridine rings is 1. The van der Waals surface area contributed by atoms with Gasteiger partial charge in [-0.3, -0.25) is 28.9 Å². The molecule has 0 radical (unpaired) electrons. The number of rotatable bonds is 10. The fourth-order valence-corrected chi connectivity index (χ4v) is 9.40. The van der Waals surface area contributed by atoms with Crippen molar-refractivity contribution in [1.82, 2.24) is 24.8 Å². The molecule has 3 fully saturated rings. The third-order valence-electron chi connectivity index (χ3n) is 12.1. The highest BCUT2D eigenvalue weighted by molar-refractivity contribution is 7.91. The molecular formula is C39H50F3N5O10S. The smallest absolute Gasteiger partial charge is 0.408 e. The van der Waals surface area contributed by atoms with Crippen LogP contribution in [0.25, 0.3) is 10.8 Å². The second-order valence-electron chi connectivity index (χ2n) is 16.1. The Morgan fingerprint density at radius 1 is 1.19 bits per heavy atom. The molecule has 58 heavy (non-hydrogen) atoms. The molecule has 3 N–H and O–H groups in total. The Morgan fingerprint density at radius 2 is 1.90 bits per heavy atom. The molecule has 19 heteroatoms. The van der Waals surface area contributed by atoms with Gasteiger partial charge in [-0.1, -0.05) is 19.1 Å². The number of allylic oxidation sites excluding steroid dienone is 1. The molecule has 2 aliphatic heterocycles. The predicted molar refractivity (Wildman–Crippen MR) is 203 cm³/mol. The maximum atomic E-state index is 17.5. The van der Waals surface area contributed by atoms with Gasteiger partial charge < -0.3 is 24.6 Å². The van der Waals surface area contributed by atoms with Gasteiger partial charge in [0.2, 0.25) is 21.8 Å². The number of amides is 4. The predicted octanol–water partition coefficient (Wildman–Crippen LogP) is 4.69. The Bertz CT molecular complexity index is 2100. The first kappa shape index (κ1) is 42.9. The summed E-state index contributed by atoms with van der Waals surface area (Å²) in [6.07, 6.45) is 0.897. The zero-order valence-corrected chi connectivity index (χ0v) is 34.0. The largest absolute Gasteiger partial charge is 0.497 e. The number of fused-ring (bicyclic) bond motifs is 3. The van der Waals surface area contributed by atoms with Crippen LogP contribution in [-0.2, 0) is 29.1 Å². The quantitative estimate of drug-likeness (QED) is 0.222. The Kier molecular flexibility index (Phi) is 11.5. The fraction of sp³-hybridized carbons (Fsp3) is 0.615. The Balaban J connectivity index is 1.47. The van der Waals surface area contributed by atoms with Crippen molar-refractivity contribution in [3.05, 3.63) is 42.6 Å². The summed E-state index contributed by atoms with van der Waals surface area (Å²) in [6.45, 7) is 5.99. The van der Waals surface area contributed by atoms with Crippen molar-refractivity contribution in [2.75, 3.05) is 13.8 Å². The van der Waals surface area contributed by atoms with Crippen molar-refractivity contribution >= 4 is 44.6 Å². The number of hydrogen-bond donors (Lipinski definition) is 3. The summed E-state index contributed by atoms with van der Waals surface area (Å²) in [7, 11) is -3.10.